The maximum absolute atomic E-state index is 12.0. The van der Waals surface area contributed by atoms with Crippen molar-refractivity contribution in [3.63, 3.8) is 0 Å². The van der Waals surface area contributed by atoms with E-state index in [0.717, 1.165) is 19.3 Å². The van der Waals surface area contributed by atoms with Gasteiger partial charge in [0.1, 0.15) is 0 Å². The van der Waals surface area contributed by atoms with Gasteiger partial charge >= 0.3 is 0 Å². The second-order valence-electron chi connectivity index (χ2n) is 4.06. The summed E-state index contributed by atoms with van der Waals surface area (Å²) in [5.74, 6) is 0.174. The smallest absolute Gasteiger partial charge is 0.178 e. The number of halogens is 1. The van der Waals surface area contributed by atoms with Gasteiger partial charge in [-0.1, -0.05) is 37.8 Å². The lowest BCUT2D eigenvalue weighted by Crippen LogP contribution is -2.07. The topological polar surface area (TPSA) is 60.2 Å². The minimum absolute atomic E-state index is 0.174. The van der Waals surface area contributed by atoms with Crippen LogP contribution in [0.25, 0.3) is 0 Å². The first-order valence-electron chi connectivity index (χ1n) is 5.75. The van der Waals surface area contributed by atoms with Crippen LogP contribution in [0.15, 0.2) is 23.1 Å². The van der Waals surface area contributed by atoms with Crippen LogP contribution < -0.4 is 5.73 Å². The molecule has 96 valence electrons. The number of benzene rings is 1. The number of sulfone groups is 1. The Hall–Kier alpha value is -0.740. The Morgan fingerprint density at radius 2 is 1.94 bits per heavy atom. The molecule has 0 aliphatic carbocycles. The van der Waals surface area contributed by atoms with Gasteiger partial charge in [0.15, 0.2) is 9.84 Å². The molecule has 0 amide bonds. The minimum Gasteiger partial charge on any atom is -0.398 e. The van der Waals surface area contributed by atoms with Gasteiger partial charge in [0.05, 0.1) is 21.4 Å². The fourth-order valence-corrected chi connectivity index (χ4v) is 3.18. The molecule has 1 aromatic rings. The van der Waals surface area contributed by atoms with Crippen molar-refractivity contribution in [2.45, 2.75) is 37.5 Å². The van der Waals surface area contributed by atoms with Crippen LogP contribution in [0.2, 0.25) is 5.02 Å². The van der Waals surface area contributed by atoms with Crippen LogP contribution >= 0.6 is 11.6 Å². The van der Waals surface area contributed by atoms with Crippen molar-refractivity contribution in [3.8, 4) is 0 Å². The first kappa shape index (κ1) is 14.3. The van der Waals surface area contributed by atoms with E-state index in [9.17, 15) is 8.42 Å². The maximum atomic E-state index is 12.0. The lowest BCUT2D eigenvalue weighted by atomic mass is 10.2. The third-order valence-corrected chi connectivity index (χ3v) is 4.72. The largest absolute Gasteiger partial charge is 0.398 e. The maximum Gasteiger partial charge on any atom is 0.178 e. The number of nitrogens with two attached hydrogens (primary N) is 1. The van der Waals surface area contributed by atoms with Gasteiger partial charge in [-0.3, -0.25) is 0 Å². The van der Waals surface area contributed by atoms with Crippen molar-refractivity contribution in [2.75, 3.05) is 11.5 Å². The molecule has 0 heterocycles. The Kier molecular flexibility index (Phi) is 5.28. The molecule has 0 unspecified atom stereocenters. The van der Waals surface area contributed by atoms with Crippen LogP contribution in [0.1, 0.15) is 32.6 Å². The number of rotatable bonds is 6. The molecule has 3 nitrogen and oxygen atoms in total. The summed E-state index contributed by atoms with van der Waals surface area (Å²) in [5, 5.41) is 0.291. The van der Waals surface area contributed by atoms with Gasteiger partial charge in [-0.15, -0.1) is 0 Å². The summed E-state index contributed by atoms with van der Waals surface area (Å²) in [6.45, 7) is 2.09. The van der Waals surface area contributed by atoms with Crippen molar-refractivity contribution in [3.05, 3.63) is 23.2 Å². The Labute approximate surface area is 108 Å². The first-order chi connectivity index (χ1) is 7.97. The molecule has 0 atom stereocenters. The van der Waals surface area contributed by atoms with Gasteiger partial charge < -0.3 is 5.73 Å². The number of hydrogen-bond donors (Lipinski definition) is 1. The van der Waals surface area contributed by atoms with Crippen LogP contribution in [-0.2, 0) is 9.84 Å². The highest BCUT2D eigenvalue weighted by molar-refractivity contribution is 7.91. The molecule has 0 aliphatic heterocycles. The van der Waals surface area contributed by atoms with E-state index in [1.165, 1.54) is 18.2 Å². The van der Waals surface area contributed by atoms with Crippen molar-refractivity contribution < 1.29 is 8.42 Å². The monoisotopic (exact) mass is 275 g/mol. The van der Waals surface area contributed by atoms with Gasteiger partial charge in [-0.05, 0) is 24.6 Å². The van der Waals surface area contributed by atoms with E-state index in [0.29, 0.717) is 17.1 Å². The molecule has 0 fully saturated rings. The predicted molar refractivity (Wildman–Crippen MR) is 72.1 cm³/mol. The predicted octanol–water partition coefficient (Wildman–Crippen LogP) is 3.28. The van der Waals surface area contributed by atoms with Crippen molar-refractivity contribution in [1.82, 2.24) is 0 Å². The van der Waals surface area contributed by atoms with E-state index in [1.54, 1.807) is 0 Å². The van der Waals surface area contributed by atoms with Gasteiger partial charge in [0, 0.05) is 0 Å². The molecule has 0 aliphatic rings. The van der Waals surface area contributed by atoms with E-state index < -0.39 is 9.84 Å². The fourth-order valence-electron chi connectivity index (χ4n) is 1.54. The molecular formula is C12H18ClNO2S. The van der Waals surface area contributed by atoms with Gasteiger partial charge in [-0.25, -0.2) is 8.42 Å². The van der Waals surface area contributed by atoms with Crippen molar-refractivity contribution in [1.29, 1.82) is 0 Å². The number of anilines is 1. The van der Waals surface area contributed by atoms with Crippen LogP contribution in [0.4, 0.5) is 5.69 Å². The van der Waals surface area contributed by atoms with E-state index in [2.05, 4.69) is 6.92 Å². The highest BCUT2D eigenvalue weighted by Crippen LogP contribution is 2.23. The molecule has 0 saturated heterocycles. The molecule has 1 aromatic carbocycles. The highest BCUT2D eigenvalue weighted by Gasteiger charge is 2.14. The zero-order valence-corrected chi connectivity index (χ0v) is 11.5. The molecular weight excluding hydrogens is 258 g/mol. The fraction of sp³-hybridized carbons (Fsp3) is 0.500. The number of unbranched alkanes of at least 4 members (excludes halogenated alkanes) is 3. The molecule has 2 N–H and O–H groups in total. The van der Waals surface area contributed by atoms with Gasteiger partial charge in [0.25, 0.3) is 0 Å². The summed E-state index contributed by atoms with van der Waals surface area (Å²) >= 11 is 5.81. The first-order valence-corrected chi connectivity index (χ1v) is 7.78. The normalized spacial score (nSPS) is 11.6. The summed E-state index contributed by atoms with van der Waals surface area (Å²) in [7, 11) is -3.22. The van der Waals surface area contributed by atoms with Crippen LogP contribution in [0, 0.1) is 0 Å². The minimum atomic E-state index is -3.22. The van der Waals surface area contributed by atoms with E-state index in [1.807, 2.05) is 0 Å². The molecule has 0 radical (unpaired) electrons. The van der Waals surface area contributed by atoms with E-state index in [4.69, 9.17) is 17.3 Å². The molecule has 0 bridgehead atoms. The third-order valence-electron chi connectivity index (χ3n) is 2.60. The summed E-state index contributed by atoms with van der Waals surface area (Å²) in [6, 6.07) is 4.46. The lowest BCUT2D eigenvalue weighted by molar-refractivity contribution is 0.589. The standard InChI is InChI=1S/C12H18ClNO2S/c1-2-3-4-5-8-17(15,16)10-6-7-12(14)11(13)9-10/h6-7,9H,2-5,8,14H2,1H3. The number of nitrogen functional groups attached to an aromatic ring is 1. The van der Waals surface area contributed by atoms with E-state index >= 15 is 0 Å². The molecule has 0 aromatic heterocycles. The Morgan fingerprint density at radius 3 is 2.53 bits per heavy atom. The molecule has 0 spiro atoms. The summed E-state index contributed by atoms with van der Waals surface area (Å²) in [5.41, 5.74) is 5.94. The molecule has 5 heteroatoms. The van der Waals surface area contributed by atoms with Gasteiger partial charge in [-0.2, -0.15) is 0 Å². The zero-order chi connectivity index (χ0) is 12.9. The lowest BCUT2D eigenvalue weighted by Gasteiger charge is -2.06. The van der Waals surface area contributed by atoms with Crippen LogP contribution in [0.5, 0.6) is 0 Å². The second kappa shape index (κ2) is 6.26. The van der Waals surface area contributed by atoms with Crippen molar-refractivity contribution in [2.24, 2.45) is 0 Å². The SMILES string of the molecule is CCCCCCS(=O)(=O)c1ccc(N)c(Cl)c1. The Balaban J connectivity index is 2.72. The average Bonchev–Trinajstić information content (AvgIpc) is 2.28. The Bertz CT molecular complexity index is 471. The van der Waals surface area contributed by atoms with Crippen LogP contribution in [0.3, 0.4) is 0 Å². The quantitative estimate of drug-likeness (QED) is 0.640. The summed E-state index contributed by atoms with van der Waals surface area (Å²) < 4.78 is 23.9. The highest BCUT2D eigenvalue weighted by atomic mass is 35.5. The third kappa shape index (κ3) is 4.21. The summed E-state index contributed by atoms with van der Waals surface area (Å²) in [6.07, 6.45) is 3.79. The molecule has 1 rings (SSSR count). The zero-order valence-electron chi connectivity index (χ0n) is 9.95. The number of hydrogen-bond acceptors (Lipinski definition) is 3. The summed E-state index contributed by atoms with van der Waals surface area (Å²) in [4.78, 5) is 0.258. The van der Waals surface area contributed by atoms with E-state index in [-0.39, 0.29) is 10.6 Å². The average molecular weight is 276 g/mol. The van der Waals surface area contributed by atoms with Gasteiger partial charge in [0.2, 0.25) is 0 Å². The molecule has 17 heavy (non-hydrogen) atoms. The van der Waals surface area contributed by atoms with Crippen LogP contribution in [-0.4, -0.2) is 14.2 Å². The van der Waals surface area contributed by atoms with Crippen molar-refractivity contribution >= 4 is 27.1 Å². The second-order valence-corrected chi connectivity index (χ2v) is 6.58. The molecule has 0 saturated carbocycles. The Morgan fingerprint density at radius 1 is 1.24 bits per heavy atom.